The van der Waals surface area contributed by atoms with Crippen LogP contribution < -0.4 is 4.74 Å². The zero-order chi connectivity index (χ0) is 25.0. The standard InChI is InChI=1S/C26H25F3N2O4/c1-24(34,16-32)18-8-6-17(7-9-18)23(33)30-14-12-25(13-15-30)21-10-11-22(26(27,28)29)31(21)19-4-2-3-5-20(19)35-25/h2-11,32,34H,12-16H2,1H3/t24-/m0/s1. The van der Waals surface area contributed by atoms with Crippen LogP contribution in [0.25, 0.3) is 5.69 Å². The fraction of sp³-hybridized carbons (Fsp3) is 0.346. The summed E-state index contributed by atoms with van der Waals surface area (Å²) in [6, 6.07) is 15.6. The van der Waals surface area contributed by atoms with E-state index in [1.54, 1.807) is 53.4 Å². The van der Waals surface area contributed by atoms with Gasteiger partial charge in [0.1, 0.15) is 17.0 Å². The molecule has 184 valence electrons. The number of likely N-dealkylation sites (tertiary alicyclic amines) is 1. The van der Waals surface area contributed by atoms with Crippen molar-refractivity contribution in [2.75, 3.05) is 19.7 Å². The van der Waals surface area contributed by atoms with Crippen LogP contribution in [0.3, 0.4) is 0 Å². The third-order valence-corrected chi connectivity index (χ3v) is 6.97. The first-order valence-electron chi connectivity index (χ1n) is 11.4. The van der Waals surface area contributed by atoms with Crippen LogP contribution >= 0.6 is 0 Å². The number of amides is 1. The van der Waals surface area contributed by atoms with Gasteiger partial charge in [0.25, 0.3) is 5.91 Å². The molecule has 2 aromatic carbocycles. The zero-order valence-corrected chi connectivity index (χ0v) is 19.0. The van der Waals surface area contributed by atoms with Gasteiger partial charge < -0.3 is 24.4 Å². The largest absolute Gasteiger partial charge is 0.479 e. The predicted molar refractivity (Wildman–Crippen MR) is 121 cm³/mol. The van der Waals surface area contributed by atoms with E-state index >= 15 is 0 Å². The number of hydrogen-bond acceptors (Lipinski definition) is 4. The molecule has 9 heteroatoms. The number of piperidine rings is 1. The molecule has 5 rings (SSSR count). The molecule has 3 heterocycles. The van der Waals surface area contributed by atoms with E-state index in [1.165, 1.54) is 17.6 Å². The molecule has 3 aromatic rings. The van der Waals surface area contributed by atoms with E-state index < -0.39 is 29.7 Å². The van der Waals surface area contributed by atoms with Crippen LogP contribution in [0.5, 0.6) is 5.75 Å². The monoisotopic (exact) mass is 486 g/mol. The maximum Gasteiger partial charge on any atom is 0.431 e. The molecule has 1 amide bonds. The number of ether oxygens (including phenoxy) is 1. The second kappa shape index (κ2) is 8.13. The van der Waals surface area contributed by atoms with Crippen molar-refractivity contribution >= 4 is 5.91 Å². The zero-order valence-electron chi connectivity index (χ0n) is 19.0. The Bertz CT molecular complexity index is 1260. The van der Waals surface area contributed by atoms with Crippen LogP contribution in [0.2, 0.25) is 0 Å². The van der Waals surface area contributed by atoms with Gasteiger partial charge in [-0.1, -0.05) is 24.3 Å². The number of halogens is 3. The van der Waals surface area contributed by atoms with Crippen LogP contribution in [0.4, 0.5) is 13.2 Å². The van der Waals surface area contributed by atoms with Crippen molar-refractivity contribution in [2.24, 2.45) is 0 Å². The van der Waals surface area contributed by atoms with Gasteiger partial charge in [-0.25, -0.2) is 0 Å². The smallest absolute Gasteiger partial charge is 0.431 e. The average molecular weight is 486 g/mol. The molecule has 35 heavy (non-hydrogen) atoms. The van der Waals surface area contributed by atoms with Gasteiger partial charge in [0, 0.05) is 31.5 Å². The molecule has 2 N–H and O–H groups in total. The summed E-state index contributed by atoms with van der Waals surface area (Å²) in [5.41, 5.74) is -1.43. The number of hydrogen-bond donors (Lipinski definition) is 2. The van der Waals surface area contributed by atoms with Crippen molar-refractivity contribution in [3.63, 3.8) is 0 Å². The molecule has 6 nitrogen and oxygen atoms in total. The van der Waals surface area contributed by atoms with Gasteiger partial charge in [-0.05, 0) is 48.9 Å². The molecule has 0 radical (unpaired) electrons. The molecule has 2 aliphatic heterocycles. The molecule has 1 atom stereocenters. The summed E-state index contributed by atoms with van der Waals surface area (Å²) in [7, 11) is 0. The molecule has 0 bridgehead atoms. The molecule has 1 fully saturated rings. The number of fused-ring (bicyclic) bond motifs is 4. The van der Waals surface area contributed by atoms with Crippen LogP contribution in [-0.2, 0) is 17.4 Å². The van der Waals surface area contributed by atoms with Gasteiger partial charge in [-0.15, -0.1) is 0 Å². The van der Waals surface area contributed by atoms with E-state index in [1.807, 2.05) is 0 Å². The molecule has 1 saturated heterocycles. The first kappa shape index (κ1) is 23.4. The summed E-state index contributed by atoms with van der Waals surface area (Å²) in [5, 5.41) is 19.5. The minimum absolute atomic E-state index is 0.211. The fourth-order valence-corrected chi connectivity index (χ4v) is 4.94. The summed E-state index contributed by atoms with van der Waals surface area (Å²) in [5.74, 6) is 0.172. The van der Waals surface area contributed by atoms with E-state index in [2.05, 4.69) is 0 Å². The predicted octanol–water partition coefficient (Wildman–Crippen LogP) is 4.22. The molecule has 0 unspecified atom stereocenters. The number of carbonyl (C=O) groups is 1. The minimum atomic E-state index is -4.52. The van der Waals surface area contributed by atoms with Gasteiger partial charge in [0.15, 0.2) is 5.60 Å². The van der Waals surface area contributed by atoms with Crippen molar-refractivity contribution in [3.05, 3.63) is 83.2 Å². The topological polar surface area (TPSA) is 74.9 Å². The van der Waals surface area contributed by atoms with E-state index in [4.69, 9.17) is 4.74 Å². The van der Waals surface area contributed by atoms with E-state index in [0.29, 0.717) is 54.2 Å². The Hall–Kier alpha value is -3.30. The highest BCUT2D eigenvalue weighted by molar-refractivity contribution is 5.94. The fourth-order valence-electron chi connectivity index (χ4n) is 4.94. The minimum Gasteiger partial charge on any atom is -0.479 e. The second-order valence-electron chi connectivity index (χ2n) is 9.30. The molecule has 1 spiro atoms. The summed E-state index contributed by atoms with van der Waals surface area (Å²) >= 11 is 0. The highest BCUT2D eigenvalue weighted by atomic mass is 19.4. The van der Waals surface area contributed by atoms with Crippen molar-refractivity contribution < 1.29 is 32.9 Å². The Labute approximate surface area is 200 Å². The highest BCUT2D eigenvalue weighted by Gasteiger charge is 2.48. The third kappa shape index (κ3) is 3.88. The van der Waals surface area contributed by atoms with Gasteiger partial charge >= 0.3 is 6.18 Å². The maximum absolute atomic E-state index is 13.8. The third-order valence-electron chi connectivity index (χ3n) is 6.97. The Kier molecular flexibility index (Phi) is 5.45. The first-order chi connectivity index (χ1) is 16.6. The normalized spacial score (nSPS) is 18.4. The number of rotatable bonds is 3. The Balaban J connectivity index is 1.40. The number of nitrogens with zero attached hydrogens (tertiary/aromatic N) is 2. The quantitative estimate of drug-likeness (QED) is 0.582. The van der Waals surface area contributed by atoms with E-state index in [-0.39, 0.29) is 5.91 Å². The summed E-state index contributed by atoms with van der Waals surface area (Å²) < 4.78 is 49.0. The lowest BCUT2D eigenvalue weighted by molar-refractivity contribution is -0.143. The summed E-state index contributed by atoms with van der Waals surface area (Å²) in [6.45, 7) is 1.65. The van der Waals surface area contributed by atoms with Crippen molar-refractivity contribution in [1.29, 1.82) is 0 Å². The van der Waals surface area contributed by atoms with Gasteiger partial charge in [-0.2, -0.15) is 13.2 Å². The lowest BCUT2D eigenvalue weighted by Crippen LogP contribution is -2.50. The number of aromatic nitrogens is 1. The Morgan fingerprint density at radius 2 is 1.69 bits per heavy atom. The molecular formula is C26H25F3N2O4. The number of benzene rings is 2. The number of aliphatic hydroxyl groups excluding tert-OH is 1. The molecule has 2 aliphatic rings. The SMILES string of the molecule is C[C@](O)(CO)c1ccc(C(=O)N2CCC3(CC2)Oc2ccccc2-n2c(C(F)(F)F)ccc23)cc1. The molecule has 1 aromatic heterocycles. The van der Waals surface area contributed by atoms with E-state index in [9.17, 15) is 28.2 Å². The number of carbonyl (C=O) groups excluding carboxylic acids is 1. The van der Waals surface area contributed by atoms with Crippen molar-refractivity contribution in [1.82, 2.24) is 9.47 Å². The van der Waals surface area contributed by atoms with Gasteiger partial charge in [-0.3, -0.25) is 4.79 Å². The summed E-state index contributed by atoms with van der Waals surface area (Å²) in [6.07, 6.45) is -3.84. The second-order valence-corrected chi connectivity index (χ2v) is 9.30. The molecule has 0 saturated carbocycles. The first-order valence-corrected chi connectivity index (χ1v) is 11.4. The molecular weight excluding hydrogens is 461 g/mol. The number of alkyl halides is 3. The van der Waals surface area contributed by atoms with E-state index in [0.717, 1.165) is 6.07 Å². The lowest BCUT2D eigenvalue weighted by atomic mass is 9.86. The lowest BCUT2D eigenvalue weighted by Gasteiger charge is -2.45. The van der Waals surface area contributed by atoms with Crippen molar-refractivity contribution in [3.8, 4) is 11.4 Å². The van der Waals surface area contributed by atoms with Crippen LogP contribution in [0, 0.1) is 0 Å². The number of aliphatic hydroxyl groups is 2. The number of para-hydroxylation sites is 2. The van der Waals surface area contributed by atoms with Crippen LogP contribution in [0.1, 0.15) is 47.1 Å². The van der Waals surface area contributed by atoms with Crippen LogP contribution in [-0.4, -0.2) is 45.3 Å². The molecule has 0 aliphatic carbocycles. The van der Waals surface area contributed by atoms with Gasteiger partial charge in [0.05, 0.1) is 18.0 Å². The Morgan fingerprint density at radius 1 is 1.03 bits per heavy atom. The average Bonchev–Trinajstić information content (AvgIpc) is 3.32. The van der Waals surface area contributed by atoms with Gasteiger partial charge in [0.2, 0.25) is 0 Å². The maximum atomic E-state index is 13.8. The van der Waals surface area contributed by atoms with Crippen molar-refractivity contribution in [2.45, 2.75) is 37.1 Å². The van der Waals surface area contributed by atoms with Crippen LogP contribution in [0.15, 0.2) is 60.7 Å². The summed E-state index contributed by atoms with van der Waals surface area (Å²) in [4.78, 5) is 14.8. The Morgan fingerprint density at radius 3 is 2.31 bits per heavy atom. The highest BCUT2D eigenvalue weighted by Crippen LogP contribution is 2.48.